The van der Waals surface area contributed by atoms with Crippen LogP contribution in [-0.2, 0) is 9.59 Å². The number of rotatable bonds is 7. The van der Waals surface area contributed by atoms with Gasteiger partial charge in [-0.05, 0) is 36.2 Å². The number of ether oxygens (including phenoxy) is 1. The zero-order chi connectivity index (χ0) is 21.8. The molecule has 0 spiro atoms. The van der Waals surface area contributed by atoms with E-state index < -0.39 is 22.7 Å². The van der Waals surface area contributed by atoms with Crippen molar-refractivity contribution >= 4 is 23.1 Å². The lowest BCUT2D eigenvalue weighted by Gasteiger charge is -2.25. The Morgan fingerprint density at radius 3 is 2.50 bits per heavy atom. The predicted octanol–water partition coefficient (Wildman–Crippen LogP) is 3.83. The van der Waals surface area contributed by atoms with Gasteiger partial charge in [-0.25, -0.2) is 0 Å². The lowest BCUT2D eigenvalue weighted by Crippen LogP contribution is -2.30. The number of nitro groups is 1. The molecule has 1 N–H and O–H groups in total. The van der Waals surface area contributed by atoms with Crippen molar-refractivity contribution in [1.29, 1.82) is 0 Å². The van der Waals surface area contributed by atoms with E-state index in [9.17, 15) is 24.8 Å². The number of amides is 1. The van der Waals surface area contributed by atoms with Crippen LogP contribution in [0.15, 0.2) is 54.1 Å². The van der Waals surface area contributed by atoms with Crippen LogP contribution in [0.25, 0.3) is 5.76 Å². The van der Waals surface area contributed by atoms with Crippen molar-refractivity contribution in [2.45, 2.75) is 25.8 Å². The number of unbranched alkanes of at least 4 members (excludes halogenated alkanes) is 1. The van der Waals surface area contributed by atoms with Gasteiger partial charge in [-0.2, -0.15) is 0 Å². The van der Waals surface area contributed by atoms with Gasteiger partial charge in [0.2, 0.25) is 0 Å². The summed E-state index contributed by atoms with van der Waals surface area (Å²) in [6.07, 6.45) is 1.45. The first-order valence-electron chi connectivity index (χ1n) is 9.56. The Labute approximate surface area is 173 Å². The van der Waals surface area contributed by atoms with Crippen LogP contribution in [0.5, 0.6) is 5.75 Å². The van der Waals surface area contributed by atoms with Gasteiger partial charge in [0.1, 0.15) is 11.5 Å². The molecule has 1 atom stereocenters. The van der Waals surface area contributed by atoms with E-state index in [-0.39, 0.29) is 17.0 Å². The summed E-state index contributed by atoms with van der Waals surface area (Å²) in [5.74, 6) is -1.29. The standard InChI is InChI=1S/C22H22N2O6/c1-3-4-12-23-19(15-6-5-7-16(13-15)24(28)29)18(21(26)22(23)27)20(25)14-8-10-17(30-2)11-9-14/h5-11,13,19,25H,3-4,12H2,1-2H3/b20-18+/t19-/m0/s1. The Bertz CT molecular complexity index is 1010. The second kappa shape index (κ2) is 8.77. The number of nitro benzene ring substituents is 1. The molecule has 0 aromatic heterocycles. The molecule has 8 heteroatoms. The summed E-state index contributed by atoms with van der Waals surface area (Å²) in [6, 6.07) is 11.3. The summed E-state index contributed by atoms with van der Waals surface area (Å²) in [5.41, 5.74) is 0.508. The number of Topliss-reactive ketones (excluding diaryl/α,β-unsaturated/α-hetero) is 1. The van der Waals surface area contributed by atoms with E-state index in [4.69, 9.17) is 4.74 Å². The van der Waals surface area contributed by atoms with Crippen LogP contribution >= 0.6 is 0 Å². The van der Waals surface area contributed by atoms with E-state index >= 15 is 0 Å². The van der Waals surface area contributed by atoms with E-state index in [0.717, 1.165) is 6.42 Å². The number of hydrogen-bond donors (Lipinski definition) is 1. The van der Waals surface area contributed by atoms with E-state index in [1.54, 1.807) is 30.3 Å². The molecule has 8 nitrogen and oxygen atoms in total. The molecule has 1 fully saturated rings. The van der Waals surface area contributed by atoms with Crippen LogP contribution < -0.4 is 4.74 Å². The third-order valence-electron chi connectivity index (χ3n) is 5.05. The van der Waals surface area contributed by atoms with E-state index in [2.05, 4.69) is 0 Å². The number of benzene rings is 2. The van der Waals surface area contributed by atoms with Crippen molar-refractivity contribution in [2.75, 3.05) is 13.7 Å². The summed E-state index contributed by atoms with van der Waals surface area (Å²) in [6.45, 7) is 2.25. The smallest absolute Gasteiger partial charge is 0.295 e. The second-order valence-corrected chi connectivity index (χ2v) is 6.93. The number of nitrogens with zero attached hydrogens (tertiary/aromatic N) is 2. The number of ketones is 1. The molecule has 30 heavy (non-hydrogen) atoms. The maximum absolute atomic E-state index is 12.9. The molecule has 156 valence electrons. The summed E-state index contributed by atoms with van der Waals surface area (Å²) < 4.78 is 5.11. The monoisotopic (exact) mass is 410 g/mol. The first kappa shape index (κ1) is 21.0. The van der Waals surface area contributed by atoms with Crippen molar-refractivity contribution in [3.63, 3.8) is 0 Å². The third-order valence-corrected chi connectivity index (χ3v) is 5.05. The highest BCUT2D eigenvalue weighted by atomic mass is 16.6. The maximum Gasteiger partial charge on any atom is 0.295 e. The lowest BCUT2D eigenvalue weighted by atomic mass is 9.95. The van der Waals surface area contributed by atoms with Crippen molar-refractivity contribution in [3.8, 4) is 5.75 Å². The number of carbonyl (C=O) groups excluding carboxylic acids is 2. The van der Waals surface area contributed by atoms with Crippen molar-refractivity contribution in [3.05, 3.63) is 75.3 Å². The van der Waals surface area contributed by atoms with Gasteiger partial charge in [0.15, 0.2) is 0 Å². The summed E-state index contributed by atoms with van der Waals surface area (Å²) in [4.78, 5) is 37.7. The molecule has 1 amide bonds. The van der Waals surface area contributed by atoms with Gasteiger partial charge in [-0.1, -0.05) is 25.5 Å². The minimum absolute atomic E-state index is 0.0817. The second-order valence-electron chi connectivity index (χ2n) is 6.93. The molecule has 2 aromatic carbocycles. The van der Waals surface area contributed by atoms with Crippen LogP contribution in [-0.4, -0.2) is 40.3 Å². The maximum atomic E-state index is 12.9. The number of carbonyl (C=O) groups is 2. The number of aliphatic hydroxyl groups excluding tert-OH is 1. The topological polar surface area (TPSA) is 110 Å². The number of likely N-dealkylation sites (tertiary alicyclic amines) is 1. The SMILES string of the molecule is CCCCN1C(=O)C(=O)/C(=C(/O)c2ccc(OC)cc2)[C@@H]1c1cccc([N+](=O)[O-])c1. The fourth-order valence-electron chi connectivity index (χ4n) is 3.50. The average molecular weight is 410 g/mol. The molecular weight excluding hydrogens is 388 g/mol. The Morgan fingerprint density at radius 2 is 1.90 bits per heavy atom. The molecule has 0 radical (unpaired) electrons. The van der Waals surface area contributed by atoms with E-state index in [1.165, 1.54) is 30.2 Å². The highest BCUT2D eigenvalue weighted by Gasteiger charge is 2.46. The first-order chi connectivity index (χ1) is 14.4. The lowest BCUT2D eigenvalue weighted by molar-refractivity contribution is -0.384. The van der Waals surface area contributed by atoms with Crippen LogP contribution in [0, 0.1) is 10.1 Å². The Morgan fingerprint density at radius 1 is 1.20 bits per heavy atom. The fourth-order valence-corrected chi connectivity index (χ4v) is 3.50. The molecular formula is C22H22N2O6. The van der Waals surface area contributed by atoms with Crippen LogP contribution in [0.2, 0.25) is 0 Å². The van der Waals surface area contributed by atoms with Gasteiger partial charge >= 0.3 is 0 Å². The number of methoxy groups -OCH3 is 1. The first-order valence-corrected chi connectivity index (χ1v) is 9.56. The molecule has 1 heterocycles. The minimum Gasteiger partial charge on any atom is -0.507 e. The minimum atomic E-state index is -0.904. The van der Waals surface area contributed by atoms with Gasteiger partial charge in [-0.3, -0.25) is 19.7 Å². The Balaban J connectivity index is 2.17. The fraction of sp³-hybridized carbons (Fsp3) is 0.273. The Kier molecular flexibility index (Phi) is 6.15. The Hall–Kier alpha value is -3.68. The number of aliphatic hydroxyl groups is 1. The normalized spacial score (nSPS) is 17.9. The number of non-ortho nitro benzene ring substituents is 1. The third kappa shape index (κ3) is 3.89. The van der Waals surface area contributed by atoms with Crippen molar-refractivity contribution < 1.29 is 24.4 Å². The van der Waals surface area contributed by atoms with Gasteiger partial charge < -0.3 is 14.7 Å². The summed E-state index contributed by atoms with van der Waals surface area (Å²) in [7, 11) is 1.51. The van der Waals surface area contributed by atoms with Crippen LogP contribution in [0.1, 0.15) is 36.9 Å². The zero-order valence-corrected chi connectivity index (χ0v) is 16.7. The number of hydrogen-bond acceptors (Lipinski definition) is 6. The van der Waals surface area contributed by atoms with Crippen LogP contribution in [0.4, 0.5) is 5.69 Å². The average Bonchev–Trinajstić information content (AvgIpc) is 3.02. The van der Waals surface area contributed by atoms with Gasteiger partial charge in [0, 0.05) is 24.2 Å². The summed E-state index contributed by atoms with van der Waals surface area (Å²) >= 11 is 0. The molecule has 0 saturated carbocycles. The van der Waals surface area contributed by atoms with Gasteiger partial charge in [0.05, 0.1) is 23.6 Å². The quantitative estimate of drug-likeness (QED) is 0.244. The van der Waals surface area contributed by atoms with Gasteiger partial charge in [0.25, 0.3) is 17.4 Å². The predicted molar refractivity (Wildman–Crippen MR) is 110 cm³/mol. The van der Waals surface area contributed by atoms with Gasteiger partial charge in [-0.15, -0.1) is 0 Å². The molecule has 3 rings (SSSR count). The van der Waals surface area contributed by atoms with Crippen LogP contribution in [0.3, 0.4) is 0 Å². The molecule has 0 unspecified atom stereocenters. The highest BCUT2D eigenvalue weighted by molar-refractivity contribution is 6.46. The molecule has 0 bridgehead atoms. The zero-order valence-electron chi connectivity index (χ0n) is 16.7. The van der Waals surface area contributed by atoms with E-state index in [1.807, 2.05) is 6.92 Å². The molecule has 1 aliphatic rings. The molecule has 2 aromatic rings. The molecule has 1 saturated heterocycles. The van der Waals surface area contributed by atoms with Crippen molar-refractivity contribution in [2.24, 2.45) is 0 Å². The highest BCUT2D eigenvalue weighted by Crippen LogP contribution is 2.40. The molecule has 0 aliphatic carbocycles. The summed E-state index contributed by atoms with van der Waals surface area (Å²) in [5, 5.41) is 22.2. The van der Waals surface area contributed by atoms with Crippen molar-refractivity contribution in [1.82, 2.24) is 4.90 Å². The largest absolute Gasteiger partial charge is 0.507 e. The van der Waals surface area contributed by atoms with E-state index in [0.29, 0.717) is 29.8 Å². The molecule has 1 aliphatic heterocycles.